The molecule has 0 saturated carbocycles. The van der Waals surface area contributed by atoms with Crippen LogP contribution in [0.25, 0.3) is 22.2 Å². The molecule has 0 fully saturated rings. The Morgan fingerprint density at radius 1 is 0.892 bits per heavy atom. The van der Waals surface area contributed by atoms with Crippen LogP contribution >= 0.6 is 0 Å². The molecule has 5 aromatic rings. The highest BCUT2D eigenvalue weighted by Crippen LogP contribution is 2.45. The van der Waals surface area contributed by atoms with Gasteiger partial charge in [-0.3, -0.25) is 9.59 Å². The largest absolute Gasteiger partial charge is 0.497 e. The van der Waals surface area contributed by atoms with Crippen molar-refractivity contribution in [3.63, 3.8) is 0 Å². The van der Waals surface area contributed by atoms with Crippen molar-refractivity contribution in [2.45, 2.75) is 6.04 Å². The van der Waals surface area contributed by atoms with Gasteiger partial charge >= 0.3 is 0 Å². The summed E-state index contributed by atoms with van der Waals surface area (Å²) in [6.45, 7) is -0.0854. The molecule has 1 aliphatic heterocycles. The maximum atomic E-state index is 13.7. The first-order chi connectivity index (χ1) is 18.1. The molecule has 0 saturated heterocycles. The first-order valence-corrected chi connectivity index (χ1v) is 12.1. The van der Waals surface area contributed by atoms with Crippen LogP contribution in [0.2, 0.25) is 0 Å². The molecule has 0 bridgehead atoms. The number of carbonyl (C=O) groups is 2. The third kappa shape index (κ3) is 4.02. The zero-order chi connectivity index (χ0) is 25.4. The van der Waals surface area contributed by atoms with E-state index in [9.17, 15) is 9.59 Å². The molecule has 0 aliphatic carbocycles. The van der Waals surface area contributed by atoms with Crippen LogP contribution < -0.4 is 10.1 Å². The highest BCUT2D eigenvalue weighted by Gasteiger charge is 2.41. The Labute approximate surface area is 214 Å². The van der Waals surface area contributed by atoms with Crippen LogP contribution in [-0.2, 0) is 4.79 Å². The number of amides is 2. The lowest BCUT2D eigenvalue weighted by Gasteiger charge is -2.26. The minimum atomic E-state index is -0.420. The zero-order valence-corrected chi connectivity index (χ0v) is 20.3. The number of nitrogens with zero attached hydrogens (tertiary/aromatic N) is 1. The summed E-state index contributed by atoms with van der Waals surface area (Å²) in [6.07, 6.45) is 0. The van der Waals surface area contributed by atoms with Crippen LogP contribution in [0.3, 0.4) is 0 Å². The Balaban J connectivity index is 1.44. The highest BCUT2D eigenvalue weighted by molar-refractivity contribution is 6.05. The molecule has 37 heavy (non-hydrogen) atoms. The molecule has 1 aliphatic rings. The predicted octanol–water partition coefficient (Wildman–Crippen LogP) is 6.03. The monoisotopic (exact) mass is 487 g/mol. The molecule has 0 spiro atoms. The van der Waals surface area contributed by atoms with E-state index in [1.165, 1.54) is 0 Å². The van der Waals surface area contributed by atoms with Crippen LogP contribution in [0.1, 0.15) is 27.5 Å². The Bertz CT molecular complexity index is 1610. The maximum absolute atomic E-state index is 13.7. The Hall–Kier alpha value is -4.84. The van der Waals surface area contributed by atoms with E-state index in [2.05, 4.69) is 28.5 Å². The van der Waals surface area contributed by atoms with Gasteiger partial charge in [0.25, 0.3) is 5.91 Å². The first-order valence-electron chi connectivity index (χ1n) is 12.1. The number of aromatic amines is 1. The van der Waals surface area contributed by atoms with Crippen LogP contribution in [0.4, 0.5) is 5.69 Å². The van der Waals surface area contributed by atoms with Gasteiger partial charge in [-0.2, -0.15) is 0 Å². The second-order valence-electron chi connectivity index (χ2n) is 9.02. The number of H-pyrrole nitrogens is 1. The average Bonchev–Trinajstić information content (AvgIpc) is 3.45. The number of hydrogen-bond donors (Lipinski definition) is 2. The summed E-state index contributed by atoms with van der Waals surface area (Å²) >= 11 is 0. The van der Waals surface area contributed by atoms with Crippen LogP contribution in [0.15, 0.2) is 103 Å². The number of anilines is 1. The normalized spacial score (nSPS) is 14.6. The van der Waals surface area contributed by atoms with Gasteiger partial charge in [0.2, 0.25) is 5.91 Å². The van der Waals surface area contributed by atoms with Crippen molar-refractivity contribution in [2.24, 2.45) is 0 Å². The predicted molar refractivity (Wildman–Crippen MR) is 145 cm³/mol. The minimum absolute atomic E-state index is 0.0854. The SMILES string of the molecule is COc1ccc(NC(=O)CN2C(=O)c3ccccc3[C@@H]2c2c(-c3ccccc3)[nH]c3ccccc23)cc1. The van der Waals surface area contributed by atoms with Crippen molar-refractivity contribution in [1.82, 2.24) is 9.88 Å². The minimum Gasteiger partial charge on any atom is -0.497 e. The summed E-state index contributed by atoms with van der Waals surface area (Å²) in [5.74, 6) is 0.281. The van der Waals surface area contributed by atoms with E-state index in [0.29, 0.717) is 17.0 Å². The molecular formula is C31H25N3O3. The highest BCUT2D eigenvalue weighted by atomic mass is 16.5. The van der Waals surface area contributed by atoms with Gasteiger partial charge in [0, 0.05) is 27.7 Å². The fourth-order valence-electron chi connectivity index (χ4n) is 5.15. The molecule has 2 N–H and O–H groups in total. The van der Waals surface area contributed by atoms with E-state index in [4.69, 9.17) is 4.74 Å². The summed E-state index contributed by atoms with van der Waals surface area (Å²) in [7, 11) is 1.60. The molecule has 0 unspecified atom stereocenters. The lowest BCUT2D eigenvalue weighted by molar-refractivity contribution is -0.117. The van der Waals surface area contributed by atoms with Gasteiger partial charge in [0.15, 0.2) is 0 Å². The van der Waals surface area contributed by atoms with E-state index in [1.807, 2.05) is 60.7 Å². The molecule has 1 atom stereocenters. The third-order valence-corrected chi connectivity index (χ3v) is 6.83. The molecule has 182 valence electrons. The van der Waals surface area contributed by atoms with Crippen molar-refractivity contribution in [3.8, 4) is 17.0 Å². The van der Waals surface area contributed by atoms with Gasteiger partial charge < -0.3 is 19.9 Å². The number of para-hydroxylation sites is 1. The number of carbonyl (C=O) groups excluding carboxylic acids is 2. The molecule has 0 radical (unpaired) electrons. The van der Waals surface area contributed by atoms with Crippen molar-refractivity contribution in [2.75, 3.05) is 19.0 Å². The lowest BCUT2D eigenvalue weighted by atomic mass is 9.93. The number of aromatic nitrogens is 1. The summed E-state index contributed by atoms with van der Waals surface area (Å²) in [6, 6.07) is 32.5. The number of benzene rings is 4. The van der Waals surface area contributed by atoms with Gasteiger partial charge in [-0.1, -0.05) is 66.7 Å². The topological polar surface area (TPSA) is 74.4 Å². The van der Waals surface area contributed by atoms with Gasteiger partial charge in [0.05, 0.1) is 18.8 Å². The Morgan fingerprint density at radius 3 is 2.38 bits per heavy atom. The second kappa shape index (κ2) is 9.32. The molecule has 6 rings (SSSR count). The molecule has 2 amide bonds. The smallest absolute Gasteiger partial charge is 0.255 e. The van der Waals surface area contributed by atoms with Crippen molar-refractivity contribution in [3.05, 3.63) is 120 Å². The standard InChI is InChI=1S/C31H25N3O3/c1-37-22-17-15-21(16-18-22)32-27(35)19-34-30(23-11-5-6-12-24(23)31(34)36)28-25-13-7-8-14-26(25)33-29(28)20-9-3-2-4-10-20/h2-18,30,33H,19H2,1H3,(H,32,35)/t30-/m1/s1. The molecule has 6 nitrogen and oxygen atoms in total. The third-order valence-electron chi connectivity index (χ3n) is 6.83. The van der Waals surface area contributed by atoms with Crippen molar-refractivity contribution >= 4 is 28.4 Å². The number of hydrogen-bond acceptors (Lipinski definition) is 3. The maximum Gasteiger partial charge on any atom is 0.255 e. The Morgan fingerprint density at radius 2 is 1.59 bits per heavy atom. The van der Waals surface area contributed by atoms with Crippen molar-refractivity contribution < 1.29 is 14.3 Å². The number of ether oxygens (including phenoxy) is 1. The van der Waals surface area contributed by atoms with Crippen molar-refractivity contribution in [1.29, 1.82) is 0 Å². The van der Waals surface area contributed by atoms with E-state index >= 15 is 0 Å². The zero-order valence-electron chi connectivity index (χ0n) is 20.3. The summed E-state index contributed by atoms with van der Waals surface area (Å²) in [4.78, 5) is 32.1. The fraction of sp³-hybridized carbons (Fsp3) is 0.0968. The summed E-state index contributed by atoms with van der Waals surface area (Å²) in [5.41, 5.74) is 6.09. The number of methoxy groups -OCH3 is 1. The van der Waals surface area contributed by atoms with Crippen LogP contribution in [-0.4, -0.2) is 35.4 Å². The molecule has 4 aromatic carbocycles. The second-order valence-corrected chi connectivity index (χ2v) is 9.02. The van der Waals surface area contributed by atoms with E-state index in [0.717, 1.165) is 33.3 Å². The van der Waals surface area contributed by atoms with E-state index < -0.39 is 6.04 Å². The number of nitrogens with one attached hydrogen (secondary N) is 2. The lowest BCUT2D eigenvalue weighted by Crippen LogP contribution is -2.36. The van der Waals surface area contributed by atoms with Crippen LogP contribution in [0, 0.1) is 0 Å². The van der Waals surface area contributed by atoms with Crippen LogP contribution in [0.5, 0.6) is 5.75 Å². The fourth-order valence-corrected chi connectivity index (χ4v) is 5.15. The van der Waals surface area contributed by atoms with Gasteiger partial charge in [0.1, 0.15) is 12.3 Å². The van der Waals surface area contributed by atoms with Gasteiger partial charge in [-0.15, -0.1) is 0 Å². The quantitative estimate of drug-likeness (QED) is 0.307. The number of rotatable bonds is 6. The summed E-state index contributed by atoms with van der Waals surface area (Å²) < 4.78 is 5.20. The molecule has 1 aromatic heterocycles. The number of fused-ring (bicyclic) bond motifs is 2. The van der Waals surface area contributed by atoms with Gasteiger partial charge in [-0.25, -0.2) is 0 Å². The first kappa shape index (κ1) is 22.6. The molecule has 6 heteroatoms. The van der Waals surface area contributed by atoms with Gasteiger partial charge in [-0.05, 0) is 47.5 Å². The Kier molecular flexibility index (Phi) is 5.69. The van der Waals surface area contributed by atoms with E-state index in [-0.39, 0.29) is 18.4 Å². The molecule has 2 heterocycles. The molecular weight excluding hydrogens is 462 g/mol. The summed E-state index contributed by atoms with van der Waals surface area (Å²) in [5, 5.41) is 3.95. The average molecular weight is 488 g/mol. The van der Waals surface area contributed by atoms with E-state index in [1.54, 1.807) is 36.3 Å².